The number of hydrogen-bond acceptors (Lipinski definition) is 2. The van der Waals surface area contributed by atoms with Crippen LogP contribution in [0.5, 0.6) is 0 Å². The summed E-state index contributed by atoms with van der Waals surface area (Å²) in [4.78, 5) is 14.3. The van der Waals surface area contributed by atoms with Gasteiger partial charge in [0.2, 0.25) is 0 Å². The Kier molecular flexibility index (Phi) is 8.43. The van der Waals surface area contributed by atoms with E-state index in [0.717, 1.165) is 13.8 Å². The number of rotatable bonds is 5. The zero-order valence-corrected chi connectivity index (χ0v) is 15.6. The van der Waals surface area contributed by atoms with Gasteiger partial charge in [-0.2, -0.15) is 13.2 Å². The van der Waals surface area contributed by atoms with E-state index < -0.39 is 36.0 Å². The van der Waals surface area contributed by atoms with Gasteiger partial charge in [-0.3, -0.25) is 4.99 Å². The third kappa shape index (κ3) is 7.32. The summed E-state index contributed by atoms with van der Waals surface area (Å²) in [6.07, 6.45) is -5.47. The zero-order chi connectivity index (χ0) is 16.3. The number of hydrogen-bond donors (Lipinski definition) is 1. The summed E-state index contributed by atoms with van der Waals surface area (Å²) < 4.78 is 52.7. The molecule has 0 aromatic heterocycles. The van der Waals surface area contributed by atoms with Gasteiger partial charge in [0.05, 0.1) is 0 Å². The van der Waals surface area contributed by atoms with Crippen molar-refractivity contribution in [2.45, 2.75) is 38.2 Å². The maximum Gasteiger partial charge on any atom is 1.00 e. The molecule has 8 heteroatoms. The molecule has 0 aliphatic rings. The Morgan fingerprint density at radius 2 is 1.73 bits per heavy atom. The van der Waals surface area contributed by atoms with Crippen molar-refractivity contribution in [3.05, 3.63) is 35.9 Å². The first-order chi connectivity index (χ1) is 9.50. The molecule has 118 valence electrons. The molecule has 1 N–H and O–H groups in total. The van der Waals surface area contributed by atoms with Crippen LogP contribution in [0.15, 0.2) is 35.3 Å². The Morgan fingerprint density at radius 1 is 1.23 bits per heavy atom. The number of alkyl halides is 4. The predicted molar refractivity (Wildman–Crippen MR) is 71.4 cm³/mol. The molecule has 0 fully saturated rings. The van der Waals surface area contributed by atoms with Gasteiger partial charge in [0.15, 0.2) is 6.04 Å². The summed E-state index contributed by atoms with van der Waals surface area (Å²) in [6.45, 7) is 2.18. The van der Waals surface area contributed by atoms with E-state index in [9.17, 15) is 22.4 Å². The molecule has 0 spiro atoms. The average Bonchev–Trinajstić information content (AvgIpc) is 2.32. The van der Waals surface area contributed by atoms with E-state index in [0.29, 0.717) is 0 Å². The molecule has 0 saturated carbocycles. The maximum atomic E-state index is 13.5. The van der Waals surface area contributed by atoms with E-state index in [4.69, 9.17) is 5.11 Å². The third-order valence-corrected chi connectivity index (χ3v) is 2.56. The molecule has 1 aromatic rings. The second kappa shape index (κ2) is 8.54. The van der Waals surface area contributed by atoms with Crippen LogP contribution in [0, 0.1) is 0 Å². The van der Waals surface area contributed by atoms with E-state index in [2.05, 4.69) is 4.99 Å². The third-order valence-electron chi connectivity index (χ3n) is 2.56. The molecule has 0 heterocycles. The Bertz CT molecular complexity index is 530. The molecule has 0 unspecified atom stereocenters. The van der Waals surface area contributed by atoms with Crippen LogP contribution in [0.3, 0.4) is 0 Å². The fourth-order valence-electron chi connectivity index (χ4n) is 1.71. The van der Waals surface area contributed by atoms with Crippen molar-refractivity contribution < 1.29 is 80.3 Å². The summed E-state index contributed by atoms with van der Waals surface area (Å²) in [5.41, 5.74) is -3.52. The summed E-state index contributed by atoms with van der Waals surface area (Å²) in [6, 6.07) is 4.83. The van der Waals surface area contributed by atoms with Gasteiger partial charge in [-0.15, -0.1) is 0 Å². The first-order valence-corrected chi connectivity index (χ1v) is 6.13. The summed E-state index contributed by atoms with van der Waals surface area (Å²) >= 11 is 0. The molecule has 3 nitrogen and oxygen atoms in total. The summed E-state index contributed by atoms with van der Waals surface area (Å²) in [5.74, 6) is -1.60. The Balaban J connectivity index is 0. The van der Waals surface area contributed by atoms with Gasteiger partial charge in [0.1, 0.15) is 11.4 Å². The van der Waals surface area contributed by atoms with Crippen LogP contribution in [-0.2, 0) is 4.79 Å². The SMILES string of the molecule is CC(C)(F)C[C@H](N=C(c1ccccc1)C(F)(F)F)C(=O)O.[H-].[K+]. The van der Waals surface area contributed by atoms with Gasteiger partial charge in [0, 0.05) is 12.0 Å². The molecular formula is C14H16F4KNO2. The van der Waals surface area contributed by atoms with Gasteiger partial charge < -0.3 is 6.53 Å². The number of carboxylic acids is 1. The zero-order valence-electron chi connectivity index (χ0n) is 13.5. The smallest absolute Gasteiger partial charge is 1.00 e. The summed E-state index contributed by atoms with van der Waals surface area (Å²) in [7, 11) is 0. The fraction of sp³-hybridized carbons (Fsp3) is 0.429. The Labute approximate surface area is 169 Å². The largest absolute Gasteiger partial charge is 1.00 e. The molecule has 1 atom stereocenters. The van der Waals surface area contributed by atoms with E-state index in [1.54, 1.807) is 0 Å². The van der Waals surface area contributed by atoms with Crippen molar-refractivity contribution in [2.75, 3.05) is 0 Å². The molecule has 1 aromatic carbocycles. The summed E-state index contributed by atoms with van der Waals surface area (Å²) in [5, 5.41) is 8.96. The molecule has 0 saturated heterocycles. The maximum absolute atomic E-state index is 13.5. The average molecular weight is 345 g/mol. The normalized spacial score (nSPS) is 14.2. The van der Waals surface area contributed by atoms with Crippen LogP contribution in [0.4, 0.5) is 17.6 Å². The topological polar surface area (TPSA) is 49.7 Å². The van der Waals surface area contributed by atoms with E-state index >= 15 is 0 Å². The number of halogens is 4. The minimum atomic E-state index is -4.82. The molecule has 0 aliphatic heterocycles. The van der Waals surface area contributed by atoms with Crippen molar-refractivity contribution in [1.29, 1.82) is 0 Å². The molecule has 0 aliphatic carbocycles. The van der Waals surface area contributed by atoms with Crippen molar-refractivity contribution >= 4 is 11.7 Å². The van der Waals surface area contributed by atoms with Gasteiger partial charge in [0.25, 0.3) is 0 Å². The monoisotopic (exact) mass is 345 g/mol. The molecule has 22 heavy (non-hydrogen) atoms. The van der Waals surface area contributed by atoms with E-state index in [1.807, 2.05) is 0 Å². The van der Waals surface area contributed by atoms with Crippen molar-refractivity contribution in [1.82, 2.24) is 0 Å². The molecule has 0 radical (unpaired) electrons. The van der Waals surface area contributed by atoms with Crippen LogP contribution in [0.1, 0.15) is 27.3 Å². The second-order valence-corrected chi connectivity index (χ2v) is 5.12. The Hall–Kier alpha value is -0.284. The number of carbonyl (C=O) groups is 1. The molecule has 0 bridgehead atoms. The predicted octanol–water partition coefficient (Wildman–Crippen LogP) is 0.746. The van der Waals surface area contributed by atoms with Gasteiger partial charge >= 0.3 is 63.5 Å². The molecule has 1 rings (SSSR count). The molecule has 0 amide bonds. The van der Waals surface area contributed by atoms with E-state index in [-0.39, 0.29) is 58.4 Å². The fourth-order valence-corrected chi connectivity index (χ4v) is 1.71. The minimum absolute atomic E-state index is 0. The van der Waals surface area contributed by atoms with Crippen molar-refractivity contribution in [2.24, 2.45) is 4.99 Å². The van der Waals surface area contributed by atoms with E-state index in [1.165, 1.54) is 30.3 Å². The van der Waals surface area contributed by atoms with Crippen LogP contribution in [0.25, 0.3) is 0 Å². The van der Waals surface area contributed by atoms with Crippen LogP contribution < -0.4 is 51.4 Å². The first kappa shape index (κ1) is 21.7. The van der Waals surface area contributed by atoms with Gasteiger partial charge in [-0.1, -0.05) is 30.3 Å². The number of aliphatic carboxylic acids is 1. The van der Waals surface area contributed by atoms with Crippen LogP contribution >= 0.6 is 0 Å². The van der Waals surface area contributed by atoms with Crippen LogP contribution in [0.2, 0.25) is 0 Å². The minimum Gasteiger partial charge on any atom is -1.00 e. The second-order valence-electron chi connectivity index (χ2n) is 5.12. The number of benzene rings is 1. The van der Waals surface area contributed by atoms with Crippen molar-refractivity contribution in [3.8, 4) is 0 Å². The van der Waals surface area contributed by atoms with Gasteiger partial charge in [-0.05, 0) is 13.8 Å². The quantitative estimate of drug-likeness (QED) is 0.486. The first-order valence-electron chi connectivity index (χ1n) is 6.13. The van der Waals surface area contributed by atoms with Crippen LogP contribution in [-0.4, -0.2) is 34.7 Å². The number of nitrogens with zero attached hydrogens (tertiary/aromatic N) is 1. The standard InChI is InChI=1S/C14H15F4NO2.K.H/c1-13(2,15)8-10(12(20)21)19-11(14(16,17)18)9-6-4-3-5-7-9;;/h3-7,10H,8H2,1-2H3,(H,20,21);;/q;+1;-1/t10-;;/m0../s1. The number of aliphatic imine (C=N–C) groups is 1. The van der Waals surface area contributed by atoms with Gasteiger partial charge in [-0.25, -0.2) is 9.18 Å². The molecular weight excluding hydrogens is 329 g/mol. The Morgan fingerprint density at radius 3 is 2.09 bits per heavy atom. The number of carboxylic acid groups (broad SMARTS) is 1. The van der Waals surface area contributed by atoms with Crippen molar-refractivity contribution in [3.63, 3.8) is 0 Å².